The lowest BCUT2D eigenvalue weighted by molar-refractivity contribution is -0.122. The van der Waals surface area contributed by atoms with Crippen molar-refractivity contribution in [3.8, 4) is 5.75 Å². The van der Waals surface area contributed by atoms with Gasteiger partial charge in [-0.05, 0) is 68.4 Å². The predicted octanol–water partition coefficient (Wildman–Crippen LogP) is 4.60. The summed E-state index contributed by atoms with van der Waals surface area (Å²) < 4.78 is 5.86. The molecule has 1 aromatic heterocycles. The highest BCUT2D eigenvalue weighted by atomic mass is 35.5. The van der Waals surface area contributed by atoms with Gasteiger partial charge < -0.3 is 15.4 Å². The number of benzene rings is 1. The maximum atomic E-state index is 12.6. The lowest BCUT2D eigenvalue weighted by Gasteiger charge is -2.29. The van der Waals surface area contributed by atoms with Crippen LogP contribution in [0.4, 0.5) is 0 Å². The number of hydrogen-bond acceptors (Lipinski definition) is 4. The number of hydrogen-bond donors (Lipinski definition) is 2. The standard InChI is InChI=1S/C23H29N3O2.2ClH/c1-16(25-23(27)13-17-11-19-8-9-20(12-17)26-19)18-5-4-7-22(14-18)28-15-21-6-2-3-10-24-21;;/h2-7,10,14,16-17,19-20,26H,8-9,11-13,15H2,1H3,(H,25,27);2*1H. The Hall–Kier alpha value is -1.82. The van der Waals surface area contributed by atoms with Crippen molar-refractivity contribution in [2.24, 2.45) is 5.92 Å². The van der Waals surface area contributed by atoms with Crippen LogP contribution in [-0.4, -0.2) is 23.0 Å². The number of fused-ring (bicyclic) bond motifs is 2. The summed E-state index contributed by atoms with van der Waals surface area (Å²) >= 11 is 0. The van der Waals surface area contributed by atoms with Crippen molar-refractivity contribution < 1.29 is 9.53 Å². The second-order valence-electron chi connectivity index (χ2n) is 8.15. The fourth-order valence-corrected chi connectivity index (χ4v) is 4.50. The smallest absolute Gasteiger partial charge is 0.220 e. The van der Waals surface area contributed by atoms with Crippen molar-refractivity contribution in [3.05, 3.63) is 59.9 Å². The fraction of sp³-hybridized carbons (Fsp3) is 0.478. The number of pyridine rings is 1. The first-order valence-corrected chi connectivity index (χ1v) is 10.3. The van der Waals surface area contributed by atoms with Crippen LogP contribution in [-0.2, 0) is 11.4 Å². The zero-order valence-corrected chi connectivity index (χ0v) is 18.9. The van der Waals surface area contributed by atoms with E-state index in [0.717, 1.165) is 29.8 Å². The van der Waals surface area contributed by atoms with Crippen molar-refractivity contribution in [2.45, 2.75) is 63.8 Å². The minimum Gasteiger partial charge on any atom is -0.487 e. The summed E-state index contributed by atoms with van der Waals surface area (Å²) in [4.78, 5) is 16.8. The van der Waals surface area contributed by atoms with Gasteiger partial charge in [-0.15, -0.1) is 24.8 Å². The normalized spacial score (nSPS) is 22.9. The number of carbonyl (C=O) groups is 1. The number of rotatable bonds is 7. The van der Waals surface area contributed by atoms with E-state index in [0.29, 0.717) is 31.0 Å². The van der Waals surface area contributed by atoms with Crippen LogP contribution in [0.1, 0.15) is 56.3 Å². The van der Waals surface area contributed by atoms with Crippen LogP contribution < -0.4 is 15.4 Å². The Labute approximate surface area is 191 Å². The molecule has 164 valence electrons. The van der Waals surface area contributed by atoms with E-state index >= 15 is 0 Å². The second-order valence-corrected chi connectivity index (χ2v) is 8.15. The van der Waals surface area contributed by atoms with Crippen LogP contribution in [0.2, 0.25) is 0 Å². The molecule has 2 aliphatic heterocycles. The first-order chi connectivity index (χ1) is 13.7. The molecule has 2 bridgehead atoms. The minimum absolute atomic E-state index is 0. The van der Waals surface area contributed by atoms with Gasteiger partial charge in [-0.3, -0.25) is 9.78 Å². The van der Waals surface area contributed by atoms with Crippen molar-refractivity contribution in [2.75, 3.05) is 0 Å². The Morgan fingerprint density at radius 3 is 2.63 bits per heavy atom. The van der Waals surface area contributed by atoms with Gasteiger partial charge in [0.15, 0.2) is 0 Å². The third kappa shape index (κ3) is 6.59. The van der Waals surface area contributed by atoms with E-state index in [-0.39, 0.29) is 36.8 Å². The summed E-state index contributed by atoms with van der Waals surface area (Å²) in [7, 11) is 0. The van der Waals surface area contributed by atoms with Crippen molar-refractivity contribution >= 4 is 30.7 Å². The highest BCUT2D eigenvalue weighted by molar-refractivity contribution is 5.85. The minimum atomic E-state index is -0.0377. The molecule has 2 fully saturated rings. The SMILES string of the molecule is CC(NC(=O)CC1CC2CCC(C1)N2)c1cccc(OCc2ccccn2)c1.Cl.Cl. The molecule has 5 nitrogen and oxygen atoms in total. The Kier molecular flexibility index (Phi) is 9.40. The number of nitrogens with one attached hydrogen (secondary N) is 2. The summed E-state index contributed by atoms with van der Waals surface area (Å²) in [6, 6.07) is 14.9. The summed E-state index contributed by atoms with van der Waals surface area (Å²) in [6.07, 6.45) is 7.20. The van der Waals surface area contributed by atoms with E-state index in [1.165, 1.54) is 12.8 Å². The van der Waals surface area contributed by atoms with Crippen LogP contribution in [0.3, 0.4) is 0 Å². The van der Waals surface area contributed by atoms with E-state index in [1.54, 1.807) is 6.20 Å². The molecular formula is C23H31Cl2N3O2. The van der Waals surface area contributed by atoms with E-state index in [9.17, 15) is 4.79 Å². The molecule has 3 atom stereocenters. The highest BCUT2D eigenvalue weighted by Gasteiger charge is 2.34. The number of aromatic nitrogens is 1. The predicted molar refractivity (Wildman–Crippen MR) is 123 cm³/mol. The molecule has 3 unspecified atom stereocenters. The molecule has 0 radical (unpaired) electrons. The number of piperidine rings is 1. The molecule has 2 aliphatic rings. The topological polar surface area (TPSA) is 63.2 Å². The van der Waals surface area contributed by atoms with Gasteiger partial charge in [0.1, 0.15) is 12.4 Å². The number of carbonyl (C=O) groups excluding carboxylic acids is 1. The summed E-state index contributed by atoms with van der Waals surface area (Å²) in [6.45, 7) is 2.46. The van der Waals surface area contributed by atoms with Crippen LogP contribution in [0.15, 0.2) is 48.7 Å². The molecule has 2 saturated heterocycles. The molecule has 2 aromatic rings. The Bertz CT molecular complexity index is 794. The van der Waals surface area contributed by atoms with Crippen LogP contribution >= 0.6 is 24.8 Å². The molecule has 0 aliphatic carbocycles. The van der Waals surface area contributed by atoms with Gasteiger partial charge in [-0.1, -0.05) is 18.2 Å². The average molecular weight is 452 g/mol. The van der Waals surface area contributed by atoms with Crippen LogP contribution in [0, 0.1) is 5.92 Å². The van der Waals surface area contributed by atoms with E-state index in [2.05, 4.69) is 15.6 Å². The van der Waals surface area contributed by atoms with Gasteiger partial charge in [0.05, 0.1) is 11.7 Å². The lowest BCUT2D eigenvalue weighted by atomic mass is 9.89. The van der Waals surface area contributed by atoms with Gasteiger partial charge in [0, 0.05) is 24.7 Å². The van der Waals surface area contributed by atoms with Gasteiger partial charge in [-0.25, -0.2) is 0 Å². The van der Waals surface area contributed by atoms with Crippen molar-refractivity contribution in [1.82, 2.24) is 15.6 Å². The zero-order valence-electron chi connectivity index (χ0n) is 17.3. The molecule has 2 N–H and O–H groups in total. The highest BCUT2D eigenvalue weighted by Crippen LogP contribution is 2.32. The third-order valence-electron chi connectivity index (χ3n) is 5.89. The average Bonchev–Trinajstić information content (AvgIpc) is 3.05. The molecule has 3 heterocycles. The Morgan fingerprint density at radius 1 is 1.17 bits per heavy atom. The van der Waals surface area contributed by atoms with Gasteiger partial charge in [-0.2, -0.15) is 0 Å². The molecule has 7 heteroatoms. The van der Waals surface area contributed by atoms with Gasteiger partial charge in [0.2, 0.25) is 5.91 Å². The zero-order chi connectivity index (χ0) is 19.3. The monoisotopic (exact) mass is 451 g/mol. The van der Waals surface area contributed by atoms with Crippen LogP contribution in [0.25, 0.3) is 0 Å². The van der Waals surface area contributed by atoms with Gasteiger partial charge >= 0.3 is 0 Å². The Morgan fingerprint density at radius 2 is 1.93 bits per heavy atom. The molecule has 4 rings (SSSR count). The molecule has 30 heavy (non-hydrogen) atoms. The largest absolute Gasteiger partial charge is 0.487 e. The summed E-state index contributed by atoms with van der Waals surface area (Å²) in [5.74, 6) is 1.46. The van der Waals surface area contributed by atoms with E-state index in [1.807, 2.05) is 49.4 Å². The maximum Gasteiger partial charge on any atom is 0.220 e. The van der Waals surface area contributed by atoms with E-state index in [4.69, 9.17) is 4.74 Å². The lowest BCUT2D eigenvalue weighted by Crippen LogP contribution is -2.40. The number of nitrogens with zero attached hydrogens (tertiary/aromatic N) is 1. The van der Waals surface area contributed by atoms with Crippen LogP contribution in [0.5, 0.6) is 5.75 Å². The second kappa shape index (κ2) is 11.5. The summed E-state index contributed by atoms with van der Waals surface area (Å²) in [5, 5.41) is 6.81. The quantitative estimate of drug-likeness (QED) is 0.645. The van der Waals surface area contributed by atoms with Gasteiger partial charge in [0.25, 0.3) is 0 Å². The fourth-order valence-electron chi connectivity index (χ4n) is 4.50. The van der Waals surface area contributed by atoms with E-state index < -0.39 is 0 Å². The molecule has 1 amide bonds. The number of amides is 1. The third-order valence-corrected chi connectivity index (χ3v) is 5.89. The Balaban J connectivity index is 0.00000160. The molecule has 0 saturated carbocycles. The van der Waals surface area contributed by atoms with Crippen molar-refractivity contribution in [1.29, 1.82) is 0 Å². The maximum absolute atomic E-state index is 12.6. The number of halogens is 2. The first-order valence-electron chi connectivity index (χ1n) is 10.3. The number of ether oxygens (including phenoxy) is 1. The summed E-state index contributed by atoms with van der Waals surface area (Å²) in [5.41, 5.74) is 1.95. The molecule has 0 spiro atoms. The first kappa shape index (κ1) is 24.4. The molecule has 1 aromatic carbocycles. The molecular weight excluding hydrogens is 421 g/mol. The van der Waals surface area contributed by atoms with Crippen molar-refractivity contribution in [3.63, 3.8) is 0 Å².